The second-order valence-corrected chi connectivity index (χ2v) is 5.86. The lowest BCUT2D eigenvalue weighted by Crippen LogP contribution is -2.34. The van der Waals surface area contributed by atoms with E-state index in [9.17, 15) is 8.42 Å². The van der Waals surface area contributed by atoms with Crippen LogP contribution < -0.4 is 4.72 Å². The molecule has 1 atom stereocenters. The fourth-order valence-electron chi connectivity index (χ4n) is 1.68. The highest BCUT2D eigenvalue weighted by molar-refractivity contribution is 7.89. The fourth-order valence-corrected chi connectivity index (χ4v) is 3.23. The van der Waals surface area contributed by atoms with Crippen LogP contribution in [0.25, 0.3) is 0 Å². The molecule has 0 spiro atoms. The Morgan fingerprint density at radius 1 is 1.37 bits per heavy atom. The third-order valence-electron chi connectivity index (χ3n) is 2.75. The lowest BCUT2D eigenvalue weighted by molar-refractivity contribution is 0.542. The van der Waals surface area contributed by atoms with Crippen LogP contribution in [0.2, 0.25) is 0 Å². The highest BCUT2D eigenvalue weighted by atomic mass is 32.2. The zero-order valence-corrected chi connectivity index (χ0v) is 11.7. The summed E-state index contributed by atoms with van der Waals surface area (Å²) in [5, 5.41) is 17.4. The molecule has 0 aliphatic rings. The van der Waals surface area contributed by atoms with Crippen molar-refractivity contribution in [2.45, 2.75) is 37.6 Å². The second-order valence-electron chi connectivity index (χ2n) is 4.18. The Morgan fingerprint density at radius 2 is 2.05 bits per heavy atom. The smallest absolute Gasteiger partial charge is 0.207 e. The average Bonchev–Trinajstić information content (AvgIpc) is 2.37. The van der Waals surface area contributed by atoms with Crippen LogP contribution in [0, 0.1) is 29.6 Å². The molecular formula is C13H15N3O2S. The number of nitriles is 2. The lowest BCUT2D eigenvalue weighted by atomic mass is 10.2. The van der Waals surface area contributed by atoms with Crippen molar-refractivity contribution in [3.8, 4) is 12.1 Å². The van der Waals surface area contributed by atoms with Crippen LogP contribution in [0.4, 0.5) is 0 Å². The highest BCUT2D eigenvalue weighted by Crippen LogP contribution is 2.17. The molecule has 0 radical (unpaired) electrons. The maximum Gasteiger partial charge on any atom is 0.241 e. The molecule has 0 fully saturated rings. The van der Waals surface area contributed by atoms with Gasteiger partial charge in [-0.3, -0.25) is 0 Å². The largest absolute Gasteiger partial charge is 0.241 e. The zero-order chi connectivity index (χ0) is 14.5. The van der Waals surface area contributed by atoms with E-state index >= 15 is 0 Å². The SMILES string of the molecule is CCC(CC#N)NS(=O)(=O)c1ccc(C#N)cc1C. The number of hydrogen-bond donors (Lipinski definition) is 1. The Morgan fingerprint density at radius 3 is 2.53 bits per heavy atom. The van der Waals surface area contributed by atoms with Crippen molar-refractivity contribution in [1.82, 2.24) is 4.72 Å². The molecule has 1 aromatic rings. The van der Waals surface area contributed by atoms with E-state index in [4.69, 9.17) is 10.5 Å². The van der Waals surface area contributed by atoms with Gasteiger partial charge in [0.1, 0.15) is 0 Å². The van der Waals surface area contributed by atoms with Crippen LogP contribution >= 0.6 is 0 Å². The van der Waals surface area contributed by atoms with Crippen LogP contribution in [0.1, 0.15) is 30.9 Å². The molecule has 100 valence electrons. The number of nitrogens with zero attached hydrogens (tertiary/aromatic N) is 2. The molecule has 0 heterocycles. The third-order valence-corrected chi connectivity index (χ3v) is 4.43. The summed E-state index contributed by atoms with van der Waals surface area (Å²) in [4.78, 5) is 0.142. The maximum atomic E-state index is 12.2. The number of sulfonamides is 1. The zero-order valence-electron chi connectivity index (χ0n) is 10.8. The number of benzene rings is 1. The second kappa shape index (κ2) is 6.33. The van der Waals surface area contributed by atoms with Gasteiger partial charge in [0.15, 0.2) is 0 Å². The van der Waals surface area contributed by atoms with Gasteiger partial charge in [0, 0.05) is 6.04 Å². The van der Waals surface area contributed by atoms with Crippen molar-refractivity contribution in [2.24, 2.45) is 0 Å². The minimum Gasteiger partial charge on any atom is -0.207 e. The van der Waals surface area contributed by atoms with E-state index in [2.05, 4.69) is 4.72 Å². The van der Waals surface area contributed by atoms with Crippen LogP contribution in [0.15, 0.2) is 23.1 Å². The Kier molecular flexibility index (Phi) is 5.05. The Bertz CT molecular complexity index is 639. The normalized spacial score (nSPS) is 12.4. The number of aryl methyl sites for hydroxylation is 1. The molecule has 0 saturated heterocycles. The molecule has 0 bridgehead atoms. The summed E-state index contributed by atoms with van der Waals surface area (Å²) in [6.07, 6.45) is 0.674. The molecule has 1 rings (SSSR count). The Hall–Kier alpha value is -1.89. The van der Waals surface area contributed by atoms with Gasteiger partial charge in [-0.15, -0.1) is 0 Å². The predicted octanol–water partition coefficient (Wildman–Crippen LogP) is 1.84. The summed E-state index contributed by atoms with van der Waals surface area (Å²) < 4.78 is 26.9. The summed E-state index contributed by atoms with van der Waals surface area (Å²) in [5.74, 6) is 0. The first-order valence-corrected chi connectivity index (χ1v) is 7.33. The summed E-state index contributed by atoms with van der Waals surface area (Å²) in [6, 6.07) is 7.92. The Labute approximate surface area is 113 Å². The fraction of sp³-hybridized carbons (Fsp3) is 0.385. The minimum absolute atomic E-state index is 0.130. The number of nitrogens with one attached hydrogen (secondary N) is 1. The van der Waals surface area contributed by atoms with Crippen molar-refractivity contribution in [1.29, 1.82) is 10.5 Å². The molecule has 19 heavy (non-hydrogen) atoms. The van der Waals surface area contributed by atoms with E-state index in [1.54, 1.807) is 6.92 Å². The molecule has 0 aliphatic heterocycles. The summed E-state index contributed by atoms with van der Waals surface area (Å²) in [7, 11) is -3.66. The minimum atomic E-state index is -3.66. The summed E-state index contributed by atoms with van der Waals surface area (Å²) in [6.45, 7) is 3.46. The standard InChI is InChI=1S/C13H15N3O2S/c1-3-12(6-7-14)16-19(17,18)13-5-4-11(9-15)8-10(13)2/h4-5,8,12,16H,3,6H2,1-2H3. The molecule has 0 aliphatic carbocycles. The molecule has 0 amide bonds. The average molecular weight is 277 g/mol. The van der Waals surface area contributed by atoms with E-state index < -0.39 is 16.1 Å². The Balaban J connectivity index is 3.08. The number of hydrogen-bond acceptors (Lipinski definition) is 4. The van der Waals surface area contributed by atoms with Crippen molar-refractivity contribution in [3.05, 3.63) is 29.3 Å². The molecule has 1 N–H and O–H groups in total. The van der Waals surface area contributed by atoms with Gasteiger partial charge < -0.3 is 0 Å². The van der Waals surface area contributed by atoms with E-state index in [0.29, 0.717) is 17.5 Å². The number of rotatable bonds is 5. The van der Waals surface area contributed by atoms with Crippen LogP contribution in [0.3, 0.4) is 0 Å². The van der Waals surface area contributed by atoms with Crippen molar-refractivity contribution >= 4 is 10.0 Å². The van der Waals surface area contributed by atoms with Gasteiger partial charge in [-0.1, -0.05) is 6.92 Å². The molecule has 1 unspecified atom stereocenters. The van der Waals surface area contributed by atoms with Gasteiger partial charge in [0.2, 0.25) is 10.0 Å². The predicted molar refractivity (Wildman–Crippen MR) is 70.5 cm³/mol. The van der Waals surface area contributed by atoms with Gasteiger partial charge in [-0.25, -0.2) is 13.1 Å². The van der Waals surface area contributed by atoms with Gasteiger partial charge in [-0.2, -0.15) is 10.5 Å². The van der Waals surface area contributed by atoms with Crippen LogP contribution in [0.5, 0.6) is 0 Å². The van der Waals surface area contributed by atoms with Crippen LogP contribution in [-0.2, 0) is 10.0 Å². The van der Waals surface area contributed by atoms with Gasteiger partial charge in [-0.05, 0) is 37.1 Å². The van der Waals surface area contributed by atoms with E-state index in [1.165, 1.54) is 18.2 Å². The molecule has 5 nitrogen and oxygen atoms in total. The first-order chi connectivity index (χ1) is 8.94. The topological polar surface area (TPSA) is 93.8 Å². The van der Waals surface area contributed by atoms with Crippen molar-refractivity contribution in [2.75, 3.05) is 0 Å². The van der Waals surface area contributed by atoms with E-state index in [1.807, 2.05) is 19.1 Å². The summed E-state index contributed by atoms with van der Waals surface area (Å²) >= 11 is 0. The quantitative estimate of drug-likeness (QED) is 0.888. The molecular weight excluding hydrogens is 262 g/mol. The first-order valence-electron chi connectivity index (χ1n) is 5.84. The van der Waals surface area contributed by atoms with Crippen LogP contribution in [-0.4, -0.2) is 14.5 Å². The van der Waals surface area contributed by atoms with Gasteiger partial charge >= 0.3 is 0 Å². The van der Waals surface area contributed by atoms with Crippen molar-refractivity contribution in [3.63, 3.8) is 0 Å². The first kappa shape index (κ1) is 15.2. The maximum absolute atomic E-state index is 12.2. The van der Waals surface area contributed by atoms with Crippen molar-refractivity contribution < 1.29 is 8.42 Å². The third kappa shape index (κ3) is 3.78. The molecule has 1 aromatic carbocycles. The monoisotopic (exact) mass is 277 g/mol. The summed E-state index contributed by atoms with van der Waals surface area (Å²) in [5.41, 5.74) is 0.930. The molecule has 0 saturated carbocycles. The lowest BCUT2D eigenvalue weighted by Gasteiger charge is -2.15. The molecule has 0 aromatic heterocycles. The van der Waals surface area contributed by atoms with E-state index in [0.717, 1.165) is 0 Å². The molecule has 6 heteroatoms. The highest BCUT2D eigenvalue weighted by Gasteiger charge is 2.20. The van der Waals surface area contributed by atoms with E-state index in [-0.39, 0.29) is 11.3 Å². The van der Waals surface area contributed by atoms with Gasteiger partial charge in [0.25, 0.3) is 0 Å². The van der Waals surface area contributed by atoms with Gasteiger partial charge in [0.05, 0.1) is 29.0 Å².